The van der Waals surface area contributed by atoms with E-state index in [0.29, 0.717) is 16.7 Å². The number of pyridine rings is 1. The van der Waals surface area contributed by atoms with Crippen molar-refractivity contribution in [2.45, 2.75) is 12.8 Å². The zero-order valence-electron chi connectivity index (χ0n) is 16.9. The fourth-order valence-electron chi connectivity index (χ4n) is 2.94. The summed E-state index contributed by atoms with van der Waals surface area (Å²) in [6.45, 7) is -0.0393. The molecule has 0 aliphatic carbocycles. The van der Waals surface area contributed by atoms with Crippen LogP contribution < -0.4 is 20.9 Å². The monoisotopic (exact) mass is 481 g/mol. The van der Waals surface area contributed by atoms with E-state index < -0.39 is 29.1 Å². The molecule has 0 fully saturated rings. The molecule has 0 amide bonds. The Labute approximate surface area is 189 Å². The number of hydrogen-bond donors (Lipinski definition) is 4. The van der Waals surface area contributed by atoms with E-state index in [-0.39, 0.29) is 35.3 Å². The Balaban J connectivity index is 1.97. The van der Waals surface area contributed by atoms with Gasteiger partial charge in [-0.15, -0.1) is 0 Å². The van der Waals surface area contributed by atoms with E-state index >= 15 is 0 Å². The molecule has 2 aromatic carbocycles. The minimum atomic E-state index is -4.63. The first-order chi connectivity index (χ1) is 15.5. The Morgan fingerprint density at radius 1 is 1.15 bits per heavy atom. The zero-order chi connectivity index (χ0) is 24.2. The van der Waals surface area contributed by atoms with Crippen LogP contribution >= 0.6 is 0 Å². The van der Waals surface area contributed by atoms with E-state index in [9.17, 15) is 22.1 Å². The van der Waals surface area contributed by atoms with Crippen LogP contribution in [0.15, 0.2) is 54.7 Å². The van der Waals surface area contributed by atoms with Crippen LogP contribution in [0.5, 0.6) is 5.75 Å². The third kappa shape index (κ3) is 6.49. The molecule has 33 heavy (non-hydrogen) atoms. The predicted octanol–water partition coefficient (Wildman–Crippen LogP) is 3.97. The van der Waals surface area contributed by atoms with Gasteiger partial charge in [-0.05, 0) is 47.0 Å². The van der Waals surface area contributed by atoms with Crippen LogP contribution in [0.2, 0.25) is 0 Å². The summed E-state index contributed by atoms with van der Waals surface area (Å²) < 4.78 is 71.0. The van der Waals surface area contributed by atoms with E-state index in [1.807, 2.05) is 0 Å². The maximum atomic E-state index is 13.1. The summed E-state index contributed by atoms with van der Waals surface area (Å²) in [4.78, 5) is 3.92. The van der Waals surface area contributed by atoms with Gasteiger partial charge in [0.2, 0.25) is 5.75 Å². The van der Waals surface area contributed by atoms with Gasteiger partial charge in [0, 0.05) is 6.20 Å². The summed E-state index contributed by atoms with van der Waals surface area (Å²) in [7, 11) is 0. The van der Waals surface area contributed by atoms with Crippen LogP contribution in [0.3, 0.4) is 0 Å². The number of nitrogen functional groups attached to an aromatic ring is 2. The molecule has 1 heterocycles. The first kappa shape index (κ1) is 24.1. The van der Waals surface area contributed by atoms with Crippen LogP contribution in [-0.2, 0) is 18.0 Å². The lowest BCUT2D eigenvalue weighted by molar-refractivity contribution is -0.106. The molecule has 1 atom stereocenters. The number of benzene rings is 2. The first-order valence-electron chi connectivity index (χ1n) is 9.36. The maximum Gasteiger partial charge on any atom is 0.435 e. The average Bonchev–Trinajstić information content (AvgIpc) is 2.72. The smallest absolute Gasteiger partial charge is 0.435 e. The highest BCUT2D eigenvalue weighted by Gasteiger charge is 2.35. The molecule has 0 aliphatic heterocycles. The Hall–Kier alpha value is -3.51. The van der Waals surface area contributed by atoms with Gasteiger partial charge in [0.05, 0.1) is 16.9 Å². The molecule has 0 spiro atoms. The number of alkyl halides is 3. The van der Waals surface area contributed by atoms with Crippen molar-refractivity contribution in [1.29, 1.82) is 5.41 Å². The lowest BCUT2D eigenvalue weighted by Gasteiger charge is -2.18. The number of nitrogens with zero attached hydrogens (tertiary/aromatic N) is 1. The molecule has 0 radical (unpaired) electrons. The molecular formula is C21H19F4N5O2S. The van der Waals surface area contributed by atoms with Gasteiger partial charge in [-0.25, -0.2) is 14.1 Å². The minimum Gasteiger partial charge on any atom is -0.593 e. The van der Waals surface area contributed by atoms with Crippen LogP contribution in [0.4, 0.5) is 29.1 Å². The molecule has 3 rings (SSSR count). The fourth-order valence-corrected chi connectivity index (χ4v) is 3.73. The van der Waals surface area contributed by atoms with Crippen LogP contribution in [0, 0.1) is 11.2 Å². The number of hydrogen-bond acceptors (Lipinski definition) is 6. The number of amidine groups is 1. The number of halogens is 4. The minimum absolute atomic E-state index is 0.0299. The van der Waals surface area contributed by atoms with Gasteiger partial charge in [0.25, 0.3) is 0 Å². The van der Waals surface area contributed by atoms with E-state index in [4.69, 9.17) is 21.6 Å². The molecule has 174 valence electrons. The Morgan fingerprint density at radius 3 is 2.48 bits per heavy atom. The van der Waals surface area contributed by atoms with Gasteiger partial charge in [0.1, 0.15) is 35.5 Å². The number of nitrogens with two attached hydrogens (primary N) is 2. The van der Waals surface area contributed by atoms with E-state index in [0.717, 1.165) is 0 Å². The second-order valence-electron chi connectivity index (χ2n) is 6.87. The first-order valence-corrected chi connectivity index (χ1v) is 10.7. The standard InChI is InChI=1S/C21H19F4N5O2S/c22-14-4-1-12(2-5-14)10-32-17-9-13(15-7-8-29-20(28)18(15)19(26)27)3-6-16(17)30-33(31)11-21(23,24)25/h1-9,30H,10-11H2,(H3,26,27)(H2,28,29). The highest BCUT2D eigenvalue weighted by Crippen LogP contribution is 2.35. The van der Waals surface area contributed by atoms with Crippen molar-refractivity contribution in [1.82, 2.24) is 4.98 Å². The van der Waals surface area contributed by atoms with E-state index in [1.54, 1.807) is 6.07 Å². The van der Waals surface area contributed by atoms with E-state index in [2.05, 4.69) is 9.71 Å². The number of anilines is 2. The quantitative estimate of drug-likeness (QED) is 0.167. The third-order valence-electron chi connectivity index (χ3n) is 4.37. The summed E-state index contributed by atoms with van der Waals surface area (Å²) in [5.74, 6) is -2.20. The third-order valence-corrected chi connectivity index (χ3v) is 5.41. The molecule has 0 saturated carbocycles. The summed E-state index contributed by atoms with van der Waals surface area (Å²) in [5, 5.41) is 7.79. The van der Waals surface area contributed by atoms with Gasteiger partial charge in [-0.2, -0.15) is 13.2 Å². The van der Waals surface area contributed by atoms with Crippen molar-refractivity contribution in [2.24, 2.45) is 5.73 Å². The van der Waals surface area contributed by atoms with Crippen LogP contribution in [0.25, 0.3) is 11.1 Å². The lowest BCUT2D eigenvalue weighted by Crippen LogP contribution is -2.28. The molecule has 0 aliphatic rings. The summed E-state index contributed by atoms with van der Waals surface area (Å²) in [5.41, 5.74) is 13.2. The normalized spacial score (nSPS) is 12.3. The second-order valence-corrected chi connectivity index (χ2v) is 8.05. The van der Waals surface area contributed by atoms with Gasteiger partial charge < -0.3 is 20.8 Å². The Kier molecular flexibility index (Phi) is 7.29. The molecule has 0 bridgehead atoms. The average molecular weight is 481 g/mol. The number of nitrogens with one attached hydrogen (secondary N) is 2. The highest BCUT2D eigenvalue weighted by molar-refractivity contribution is 7.92. The fraction of sp³-hybridized carbons (Fsp3) is 0.143. The van der Waals surface area contributed by atoms with Gasteiger partial charge in [-0.3, -0.25) is 5.41 Å². The lowest BCUT2D eigenvalue weighted by atomic mass is 9.99. The molecule has 1 unspecified atom stereocenters. The van der Waals surface area contributed by atoms with Gasteiger partial charge in [0.15, 0.2) is 0 Å². The van der Waals surface area contributed by atoms with Gasteiger partial charge >= 0.3 is 6.18 Å². The summed E-state index contributed by atoms with van der Waals surface area (Å²) in [6, 6.07) is 11.4. The Bertz CT molecular complexity index is 1140. The van der Waals surface area contributed by atoms with Crippen LogP contribution in [0.1, 0.15) is 11.1 Å². The van der Waals surface area contributed by atoms with Crippen molar-refractivity contribution in [3.63, 3.8) is 0 Å². The summed E-state index contributed by atoms with van der Waals surface area (Å²) >= 11 is -2.46. The molecule has 0 saturated heterocycles. The summed E-state index contributed by atoms with van der Waals surface area (Å²) in [6.07, 6.45) is -3.21. The van der Waals surface area contributed by atoms with Crippen LogP contribution in [-0.4, -0.2) is 27.3 Å². The van der Waals surface area contributed by atoms with E-state index in [1.165, 1.54) is 48.7 Å². The zero-order valence-corrected chi connectivity index (χ0v) is 17.8. The maximum absolute atomic E-state index is 13.1. The van der Waals surface area contributed by atoms with Crippen molar-refractivity contribution >= 4 is 28.7 Å². The largest absolute Gasteiger partial charge is 0.593 e. The topological polar surface area (TPSA) is 133 Å². The molecule has 3 aromatic rings. The van der Waals surface area contributed by atoms with Crippen molar-refractivity contribution in [3.05, 3.63) is 71.7 Å². The molecule has 7 nitrogen and oxygen atoms in total. The molecule has 12 heteroatoms. The van der Waals surface area contributed by atoms with Crippen molar-refractivity contribution in [2.75, 3.05) is 16.2 Å². The Morgan fingerprint density at radius 2 is 1.85 bits per heavy atom. The number of rotatable bonds is 8. The predicted molar refractivity (Wildman–Crippen MR) is 119 cm³/mol. The van der Waals surface area contributed by atoms with Crippen molar-refractivity contribution in [3.8, 4) is 16.9 Å². The molecule has 6 N–H and O–H groups in total. The number of aromatic nitrogens is 1. The highest BCUT2D eigenvalue weighted by atomic mass is 32.2. The second kappa shape index (κ2) is 9.96. The van der Waals surface area contributed by atoms with Gasteiger partial charge in [-0.1, -0.05) is 18.2 Å². The molecular weight excluding hydrogens is 462 g/mol. The molecule has 1 aromatic heterocycles. The SMILES string of the molecule is N=C(N)c1c(-c2ccc(N[S+]([O-])CC(F)(F)F)c(OCc3ccc(F)cc3)c2)ccnc1N. The number of ether oxygens (including phenoxy) is 1. The van der Waals surface area contributed by atoms with Crippen molar-refractivity contribution < 1.29 is 26.9 Å².